The Morgan fingerprint density at radius 3 is 2.62 bits per heavy atom. The number of aryl methyl sites for hydroxylation is 1. The summed E-state index contributed by atoms with van der Waals surface area (Å²) in [6.45, 7) is 8.77. The third-order valence-corrected chi connectivity index (χ3v) is 2.76. The molecule has 0 aliphatic heterocycles. The van der Waals surface area contributed by atoms with Gasteiger partial charge in [-0.05, 0) is 30.2 Å². The number of hydrogen-bond acceptors (Lipinski definition) is 2. The van der Waals surface area contributed by atoms with Gasteiger partial charge in [0, 0.05) is 17.0 Å². The van der Waals surface area contributed by atoms with Crippen molar-refractivity contribution in [3.8, 4) is 0 Å². The lowest BCUT2D eigenvalue weighted by atomic mass is 9.87. The van der Waals surface area contributed by atoms with Crippen LogP contribution in [-0.2, 0) is 11.8 Å². The van der Waals surface area contributed by atoms with E-state index in [2.05, 4.69) is 44.8 Å². The Balaban J connectivity index is 2.73. The van der Waals surface area contributed by atoms with Crippen LogP contribution in [0.1, 0.15) is 39.0 Å². The van der Waals surface area contributed by atoms with E-state index in [4.69, 9.17) is 4.98 Å². The van der Waals surface area contributed by atoms with Gasteiger partial charge in [-0.25, -0.2) is 9.97 Å². The summed E-state index contributed by atoms with van der Waals surface area (Å²) >= 11 is 0. The Bertz CT molecular complexity index is 510. The molecular formula is C14H18N2. The molecule has 0 aromatic carbocycles. The lowest BCUT2D eigenvalue weighted by Crippen LogP contribution is -2.16. The molecule has 2 heteroatoms. The highest BCUT2D eigenvalue weighted by atomic mass is 14.9. The van der Waals surface area contributed by atoms with E-state index in [1.54, 1.807) is 6.20 Å². The van der Waals surface area contributed by atoms with E-state index in [0.29, 0.717) is 0 Å². The largest absolute Gasteiger partial charge is 0.237 e. The van der Waals surface area contributed by atoms with Crippen LogP contribution in [0.4, 0.5) is 0 Å². The molecule has 0 saturated carbocycles. The van der Waals surface area contributed by atoms with Crippen molar-refractivity contribution in [2.24, 2.45) is 0 Å². The fourth-order valence-electron chi connectivity index (χ4n) is 1.97. The maximum absolute atomic E-state index is 4.71. The number of hydrogen-bond donors (Lipinski definition) is 0. The van der Waals surface area contributed by atoms with Gasteiger partial charge in [0.25, 0.3) is 0 Å². The smallest absolute Gasteiger partial charge is 0.159 e. The third-order valence-electron chi connectivity index (χ3n) is 2.76. The highest BCUT2D eigenvalue weighted by Gasteiger charge is 2.19. The Kier molecular flexibility index (Phi) is 2.66. The van der Waals surface area contributed by atoms with Crippen molar-refractivity contribution >= 4 is 11.0 Å². The summed E-state index contributed by atoms with van der Waals surface area (Å²) in [5.74, 6) is 0. The summed E-state index contributed by atoms with van der Waals surface area (Å²) < 4.78 is 0. The van der Waals surface area contributed by atoms with Gasteiger partial charge in [-0.2, -0.15) is 0 Å². The zero-order valence-corrected chi connectivity index (χ0v) is 10.4. The number of pyridine rings is 2. The molecule has 0 amide bonds. The molecule has 16 heavy (non-hydrogen) atoms. The van der Waals surface area contributed by atoms with Crippen molar-refractivity contribution in [3.05, 3.63) is 35.7 Å². The SMILES string of the molecule is CCc1cc2cccnc2nc1C(C)(C)C. The standard InChI is InChI=1S/C14H18N2/c1-5-10-9-11-7-6-8-15-13(11)16-12(10)14(2,3)4/h6-9H,5H2,1-4H3. The van der Waals surface area contributed by atoms with Crippen LogP contribution in [0.3, 0.4) is 0 Å². The molecule has 0 atom stereocenters. The lowest BCUT2D eigenvalue weighted by Gasteiger charge is -2.21. The van der Waals surface area contributed by atoms with Crippen LogP contribution in [0.25, 0.3) is 11.0 Å². The summed E-state index contributed by atoms with van der Waals surface area (Å²) in [5, 5.41) is 1.13. The van der Waals surface area contributed by atoms with Gasteiger partial charge in [0.2, 0.25) is 0 Å². The summed E-state index contributed by atoms with van der Waals surface area (Å²) in [7, 11) is 0. The van der Waals surface area contributed by atoms with Gasteiger partial charge in [0.05, 0.1) is 5.69 Å². The van der Waals surface area contributed by atoms with Gasteiger partial charge in [0.1, 0.15) is 0 Å². The molecule has 0 fully saturated rings. The molecule has 0 radical (unpaired) electrons. The second-order valence-corrected chi connectivity index (χ2v) is 5.15. The average molecular weight is 214 g/mol. The van der Waals surface area contributed by atoms with Crippen LogP contribution in [0, 0.1) is 0 Å². The van der Waals surface area contributed by atoms with Crippen LogP contribution >= 0.6 is 0 Å². The van der Waals surface area contributed by atoms with Crippen molar-refractivity contribution in [1.29, 1.82) is 0 Å². The van der Waals surface area contributed by atoms with E-state index >= 15 is 0 Å². The fraction of sp³-hybridized carbons (Fsp3) is 0.429. The number of aromatic nitrogens is 2. The first-order valence-corrected chi connectivity index (χ1v) is 5.77. The van der Waals surface area contributed by atoms with E-state index < -0.39 is 0 Å². The first-order chi connectivity index (χ1) is 7.52. The van der Waals surface area contributed by atoms with Gasteiger partial charge in [-0.1, -0.05) is 27.7 Å². The predicted octanol–water partition coefficient (Wildman–Crippen LogP) is 3.49. The summed E-state index contributed by atoms with van der Waals surface area (Å²) in [6, 6.07) is 6.25. The molecule has 84 valence electrons. The molecule has 2 aromatic rings. The minimum atomic E-state index is 0.0804. The quantitative estimate of drug-likeness (QED) is 0.726. The maximum Gasteiger partial charge on any atom is 0.159 e. The van der Waals surface area contributed by atoms with E-state index in [0.717, 1.165) is 17.5 Å². The number of fused-ring (bicyclic) bond motifs is 1. The van der Waals surface area contributed by atoms with Gasteiger partial charge < -0.3 is 0 Å². The Morgan fingerprint density at radius 2 is 2.00 bits per heavy atom. The van der Waals surface area contributed by atoms with Crippen LogP contribution < -0.4 is 0 Å². The Labute approximate surface area is 96.7 Å². The molecule has 0 aliphatic carbocycles. The molecule has 0 aliphatic rings. The van der Waals surface area contributed by atoms with Crippen LogP contribution in [0.2, 0.25) is 0 Å². The zero-order valence-electron chi connectivity index (χ0n) is 10.4. The van der Waals surface area contributed by atoms with Crippen molar-refractivity contribution in [2.75, 3.05) is 0 Å². The normalized spacial score (nSPS) is 12.0. The molecule has 0 unspecified atom stereocenters. The summed E-state index contributed by atoms with van der Waals surface area (Å²) in [6.07, 6.45) is 2.82. The third kappa shape index (κ3) is 1.92. The first-order valence-electron chi connectivity index (χ1n) is 5.77. The van der Waals surface area contributed by atoms with Gasteiger partial charge in [0.15, 0.2) is 5.65 Å². The molecule has 2 aromatic heterocycles. The Hall–Kier alpha value is -1.44. The van der Waals surface area contributed by atoms with Crippen LogP contribution in [0.15, 0.2) is 24.4 Å². The highest BCUT2D eigenvalue weighted by Crippen LogP contribution is 2.26. The van der Waals surface area contributed by atoms with E-state index in [9.17, 15) is 0 Å². The monoisotopic (exact) mass is 214 g/mol. The first kappa shape index (κ1) is 11.1. The van der Waals surface area contributed by atoms with Crippen LogP contribution in [-0.4, -0.2) is 9.97 Å². The maximum atomic E-state index is 4.71. The predicted molar refractivity (Wildman–Crippen MR) is 67.6 cm³/mol. The van der Waals surface area contributed by atoms with Gasteiger partial charge in [-0.3, -0.25) is 0 Å². The van der Waals surface area contributed by atoms with Gasteiger partial charge >= 0.3 is 0 Å². The molecule has 0 spiro atoms. The molecule has 2 rings (SSSR count). The van der Waals surface area contributed by atoms with Crippen LogP contribution in [0.5, 0.6) is 0 Å². The molecular weight excluding hydrogens is 196 g/mol. The molecule has 2 nitrogen and oxygen atoms in total. The minimum Gasteiger partial charge on any atom is -0.237 e. The van der Waals surface area contributed by atoms with E-state index in [1.165, 1.54) is 11.3 Å². The van der Waals surface area contributed by atoms with Gasteiger partial charge in [-0.15, -0.1) is 0 Å². The van der Waals surface area contributed by atoms with E-state index in [-0.39, 0.29) is 5.41 Å². The zero-order chi connectivity index (χ0) is 11.8. The Morgan fingerprint density at radius 1 is 1.25 bits per heavy atom. The van der Waals surface area contributed by atoms with E-state index in [1.807, 2.05) is 6.07 Å². The molecule has 0 N–H and O–H groups in total. The lowest BCUT2D eigenvalue weighted by molar-refractivity contribution is 0.563. The highest BCUT2D eigenvalue weighted by molar-refractivity contribution is 5.75. The van der Waals surface area contributed by atoms with Crippen molar-refractivity contribution in [2.45, 2.75) is 39.5 Å². The summed E-state index contributed by atoms with van der Waals surface area (Å²) in [5.41, 5.74) is 3.43. The molecule has 0 saturated heterocycles. The second-order valence-electron chi connectivity index (χ2n) is 5.15. The molecule has 0 bridgehead atoms. The minimum absolute atomic E-state index is 0.0804. The number of nitrogens with zero attached hydrogens (tertiary/aromatic N) is 2. The van der Waals surface area contributed by atoms with Crippen molar-refractivity contribution in [3.63, 3.8) is 0 Å². The fourth-order valence-corrected chi connectivity index (χ4v) is 1.97. The van der Waals surface area contributed by atoms with Crippen molar-refractivity contribution in [1.82, 2.24) is 9.97 Å². The summed E-state index contributed by atoms with van der Waals surface area (Å²) in [4.78, 5) is 9.03. The average Bonchev–Trinajstić information content (AvgIpc) is 2.26. The molecule has 2 heterocycles. The topological polar surface area (TPSA) is 25.8 Å². The van der Waals surface area contributed by atoms with Crippen molar-refractivity contribution < 1.29 is 0 Å². The number of rotatable bonds is 1. The second kappa shape index (κ2) is 3.85.